The van der Waals surface area contributed by atoms with Crippen molar-refractivity contribution in [2.45, 2.75) is 0 Å². The molecule has 0 fully saturated rings. The molecule has 2 aliphatic rings. The van der Waals surface area contributed by atoms with Gasteiger partial charge in [0, 0.05) is 11.6 Å². The molecule has 0 saturated carbocycles. The minimum absolute atomic E-state index is 0.0619. The van der Waals surface area contributed by atoms with Gasteiger partial charge in [0.15, 0.2) is 30.5 Å². The van der Waals surface area contributed by atoms with E-state index in [9.17, 15) is 14.4 Å². The van der Waals surface area contributed by atoms with Crippen molar-refractivity contribution in [3.05, 3.63) is 53.6 Å². The van der Waals surface area contributed by atoms with Gasteiger partial charge in [-0.05, 0) is 42.0 Å². The molecule has 0 saturated heterocycles. The topological polar surface area (TPSA) is 100 Å². The Hall–Kier alpha value is -3.81. The third-order valence-electron chi connectivity index (χ3n) is 4.09. The zero-order valence-corrected chi connectivity index (χ0v) is 14.6. The number of hydrogen-bond donors (Lipinski definition) is 1. The van der Waals surface area contributed by atoms with Crippen molar-refractivity contribution >= 4 is 29.4 Å². The standard InChI is InChI=1S/C20H15NO7/c22-15(13-3-5-16-14(8-13)21-19(23)10-25-16)9-26-20(24)6-2-12-1-4-17-18(7-12)28-11-27-17/h1-8H,9-11H2,(H,21,23)/b6-2+. The first-order valence-electron chi connectivity index (χ1n) is 8.43. The number of ether oxygens (including phenoxy) is 4. The summed E-state index contributed by atoms with van der Waals surface area (Å²) in [6.07, 6.45) is 2.78. The molecule has 1 N–H and O–H groups in total. The Kier molecular flexibility index (Phi) is 4.67. The molecular formula is C20H15NO7. The van der Waals surface area contributed by atoms with Crippen LogP contribution >= 0.6 is 0 Å². The molecule has 1 amide bonds. The molecule has 2 aliphatic heterocycles. The Morgan fingerprint density at radius 3 is 2.75 bits per heavy atom. The quantitative estimate of drug-likeness (QED) is 0.481. The maximum atomic E-state index is 12.2. The first-order chi connectivity index (χ1) is 13.6. The van der Waals surface area contributed by atoms with Crippen LogP contribution in [0.2, 0.25) is 0 Å². The summed E-state index contributed by atoms with van der Waals surface area (Å²) in [7, 11) is 0. The van der Waals surface area contributed by atoms with Crippen molar-refractivity contribution in [3.8, 4) is 17.2 Å². The number of carbonyl (C=O) groups excluding carboxylic acids is 3. The molecule has 8 nitrogen and oxygen atoms in total. The van der Waals surface area contributed by atoms with Gasteiger partial charge in [0.05, 0.1) is 5.69 Å². The Morgan fingerprint density at radius 2 is 1.86 bits per heavy atom. The minimum Gasteiger partial charge on any atom is -0.482 e. The largest absolute Gasteiger partial charge is 0.482 e. The monoisotopic (exact) mass is 381 g/mol. The van der Waals surface area contributed by atoms with Gasteiger partial charge in [-0.1, -0.05) is 6.07 Å². The summed E-state index contributed by atoms with van der Waals surface area (Å²) in [5.41, 5.74) is 1.45. The summed E-state index contributed by atoms with van der Waals surface area (Å²) in [6, 6.07) is 9.88. The van der Waals surface area contributed by atoms with Crippen molar-refractivity contribution in [2.75, 3.05) is 25.3 Å². The maximum Gasteiger partial charge on any atom is 0.331 e. The average Bonchev–Trinajstić information content (AvgIpc) is 3.17. The second-order valence-electron chi connectivity index (χ2n) is 6.02. The number of hydrogen-bond acceptors (Lipinski definition) is 7. The van der Waals surface area contributed by atoms with E-state index in [2.05, 4.69) is 5.32 Å². The van der Waals surface area contributed by atoms with E-state index in [-0.39, 0.29) is 19.3 Å². The normalized spacial score (nSPS) is 14.2. The summed E-state index contributed by atoms with van der Waals surface area (Å²) in [5, 5.41) is 2.62. The molecule has 0 atom stereocenters. The first kappa shape index (κ1) is 17.6. The summed E-state index contributed by atoms with van der Waals surface area (Å²) in [6.45, 7) is -0.309. The number of esters is 1. The van der Waals surface area contributed by atoms with Crippen LogP contribution in [-0.2, 0) is 14.3 Å². The number of fused-ring (bicyclic) bond motifs is 2. The second-order valence-corrected chi connectivity index (χ2v) is 6.02. The van der Waals surface area contributed by atoms with Crippen molar-refractivity contribution in [1.29, 1.82) is 0 Å². The number of carbonyl (C=O) groups is 3. The van der Waals surface area contributed by atoms with Crippen molar-refractivity contribution in [3.63, 3.8) is 0 Å². The zero-order chi connectivity index (χ0) is 19.5. The van der Waals surface area contributed by atoms with Gasteiger partial charge in [0.2, 0.25) is 6.79 Å². The molecule has 28 heavy (non-hydrogen) atoms. The van der Waals surface area contributed by atoms with Crippen LogP contribution in [-0.4, -0.2) is 37.7 Å². The third kappa shape index (κ3) is 3.80. The highest BCUT2D eigenvalue weighted by atomic mass is 16.7. The Morgan fingerprint density at radius 1 is 1.04 bits per heavy atom. The van der Waals surface area contributed by atoms with Crippen LogP contribution in [0.25, 0.3) is 6.08 Å². The molecule has 4 rings (SSSR count). The van der Waals surface area contributed by atoms with Gasteiger partial charge in [0.1, 0.15) is 5.75 Å². The SMILES string of the molecule is O=C1COc2ccc(C(=O)COC(=O)/C=C/c3ccc4c(c3)OCO4)cc2N1. The van der Waals surface area contributed by atoms with Gasteiger partial charge >= 0.3 is 5.97 Å². The van der Waals surface area contributed by atoms with E-state index in [1.165, 1.54) is 12.1 Å². The number of amides is 1. The van der Waals surface area contributed by atoms with E-state index in [0.29, 0.717) is 28.5 Å². The number of benzene rings is 2. The van der Waals surface area contributed by atoms with E-state index in [1.54, 1.807) is 36.4 Å². The Labute approximate surface area is 159 Å². The summed E-state index contributed by atoms with van der Waals surface area (Å²) in [5.74, 6) is 0.399. The fourth-order valence-corrected chi connectivity index (χ4v) is 2.71. The van der Waals surface area contributed by atoms with Gasteiger partial charge < -0.3 is 24.3 Å². The van der Waals surface area contributed by atoms with Crippen molar-refractivity contribution in [1.82, 2.24) is 0 Å². The number of rotatable bonds is 5. The number of anilines is 1. The molecule has 2 heterocycles. The van der Waals surface area contributed by atoms with E-state index in [4.69, 9.17) is 18.9 Å². The van der Waals surface area contributed by atoms with Crippen LogP contribution in [0.3, 0.4) is 0 Å². The highest BCUT2D eigenvalue weighted by molar-refractivity contribution is 6.02. The van der Waals surface area contributed by atoms with Crippen LogP contribution in [0.4, 0.5) is 5.69 Å². The molecule has 0 unspecified atom stereocenters. The van der Waals surface area contributed by atoms with E-state index in [1.807, 2.05) is 0 Å². The lowest BCUT2D eigenvalue weighted by Gasteiger charge is -2.18. The van der Waals surface area contributed by atoms with E-state index >= 15 is 0 Å². The number of Topliss-reactive ketones (excluding diaryl/α,β-unsaturated/α-hetero) is 1. The molecule has 142 valence electrons. The zero-order valence-electron chi connectivity index (χ0n) is 14.6. The highest BCUT2D eigenvalue weighted by Gasteiger charge is 2.18. The molecule has 0 bridgehead atoms. The Balaban J connectivity index is 1.34. The predicted octanol–water partition coefficient (Wildman–Crippen LogP) is 2.19. The molecule has 2 aromatic rings. The molecule has 8 heteroatoms. The van der Waals surface area contributed by atoms with Gasteiger partial charge in [-0.25, -0.2) is 4.79 Å². The smallest absolute Gasteiger partial charge is 0.331 e. The predicted molar refractivity (Wildman–Crippen MR) is 97.5 cm³/mol. The summed E-state index contributed by atoms with van der Waals surface area (Å²) >= 11 is 0. The van der Waals surface area contributed by atoms with Gasteiger partial charge in [-0.2, -0.15) is 0 Å². The lowest BCUT2D eigenvalue weighted by atomic mass is 10.1. The second kappa shape index (κ2) is 7.43. The number of ketones is 1. The first-order valence-corrected chi connectivity index (χ1v) is 8.43. The molecule has 0 aromatic heterocycles. The lowest BCUT2D eigenvalue weighted by Crippen LogP contribution is -2.25. The van der Waals surface area contributed by atoms with Crippen LogP contribution < -0.4 is 19.5 Å². The number of nitrogens with one attached hydrogen (secondary N) is 1. The fraction of sp³-hybridized carbons (Fsp3) is 0.150. The van der Waals surface area contributed by atoms with Crippen LogP contribution in [0.1, 0.15) is 15.9 Å². The van der Waals surface area contributed by atoms with Gasteiger partial charge in [-0.3, -0.25) is 9.59 Å². The van der Waals surface area contributed by atoms with Crippen LogP contribution in [0, 0.1) is 0 Å². The third-order valence-corrected chi connectivity index (χ3v) is 4.09. The fourth-order valence-electron chi connectivity index (χ4n) is 2.71. The summed E-state index contributed by atoms with van der Waals surface area (Å²) in [4.78, 5) is 35.5. The molecule has 0 spiro atoms. The van der Waals surface area contributed by atoms with Crippen LogP contribution in [0.5, 0.6) is 17.2 Å². The van der Waals surface area contributed by atoms with Crippen LogP contribution in [0.15, 0.2) is 42.5 Å². The molecule has 0 aliphatic carbocycles. The minimum atomic E-state index is -0.652. The van der Waals surface area contributed by atoms with Gasteiger partial charge in [-0.15, -0.1) is 0 Å². The molecular weight excluding hydrogens is 366 g/mol. The van der Waals surface area contributed by atoms with Crippen molar-refractivity contribution in [2.24, 2.45) is 0 Å². The van der Waals surface area contributed by atoms with Gasteiger partial charge in [0.25, 0.3) is 5.91 Å². The van der Waals surface area contributed by atoms with E-state index < -0.39 is 18.4 Å². The van der Waals surface area contributed by atoms with Crippen molar-refractivity contribution < 1.29 is 33.3 Å². The summed E-state index contributed by atoms with van der Waals surface area (Å²) < 4.78 is 20.7. The average molecular weight is 381 g/mol. The highest BCUT2D eigenvalue weighted by Crippen LogP contribution is 2.32. The molecule has 0 radical (unpaired) electrons. The maximum absolute atomic E-state index is 12.2. The molecule has 2 aromatic carbocycles. The Bertz CT molecular complexity index is 996. The van der Waals surface area contributed by atoms with E-state index in [0.717, 1.165) is 5.56 Å². The lowest BCUT2D eigenvalue weighted by molar-refractivity contribution is -0.136.